The molecule has 6 heteroatoms. The van der Waals surface area contributed by atoms with Crippen molar-refractivity contribution in [1.29, 1.82) is 0 Å². The van der Waals surface area contributed by atoms with Gasteiger partial charge in [0.2, 0.25) is 6.23 Å². The van der Waals surface area contributed by atoms with E-state index in [1.54, 1.807) is 24.2 Å². The van der Waals surface area contributed by atoms with Gasteiger partial charge in [0.25, 0.3) is 0 Å². The van der Waals surface area contributed by atoms with E-state index in [-0.39, 0.29) is 0 Å². The van der Waals surface area contributed by atoms with Crippen LogP contribution in [0.3, 0.4) is 0 Å². The molecule has 0 bridgehead atoms. The molecule has 0 radical (unpaired) electrons. The van der Waals surface area contributed by atoms with Crippen molar-refractivity contribution in [3.8, 4) is 0 Å². The second-order valence-electron chi connectivity index (χ2n) is 6.29. The average Bonchev–Trinajstić information content (AvgIpc) is 2.87. The van der Waals surface area contributed by atoms with Gasteiger partial charge in [-0.25, -0.2) is 9.80 Å². The zero-order valence-corrected chi connectivity index (χ0v) is 15.2. The Balaban J connectivity index is 2.08. The fraction of sp³-hybridized carbons (Fsp3) is 0.368. The molecule has 0 N–H and O–H groups in total. The van der Waals surface area contributed by atoms with E-state index < -0.39 is 12.3 Å². The van der Waals surface area contributed by atoms with Crippen molar-refractivity contribution < 1.29 is 14.4 Å². The summed E-state index contributed by atoms with van der Waals surface area (Å²) in [6, 6.07) is 4.20. The van der Waals surface area contributed by atoms with Crippen LogP contribution < -0.4 is 0 Å². The lowest BCUT2D eigenvalue weighted by atomic mass is 9.98. The molecule has 0 spiro atoms. The molecule has 25 heavy (non-hydrogen) atoms. The number of hydrogen-bond acceptors (Lipinski definition) is 5. The molecule has 2 aliphatic heterocycles. The van der Waals surface area contributed by atoms with Crippen LogP contribution in [0.5, 0.6) is 0 Å². The molecule has 1 aromatic rings. The Labute approximate surface area is 148 Å². The Hall–Kier alpha value is -2.76. The lowest BCUT2D eigenvalue weighted by molar-refractivity contribution is -0.0403. The van der Waals surface area contributed by atoms with E-state index in [0.717, 1.165) is 22.3 Å². The van der Waals surface area contributed by atoms with Gasteiger partial charge < -0.3 is 9.57 Å². The molecule has 1 unspecified atom stereocenters. The summed E-state index contributed by atoms with van der Waals surface area (Å²) < 4.78 is 5.20. The standard InChI is InChI=1S/C19H23N3O3/c1-6-24-19(23)21-9-7-8-13(3)18-22(21)17(20-25-18)16-14(4)10-12(2)11-15(16)5/h7-11,18H,6H2,1-5H3. The zero-order chi connectivity index (χ0) is 18.1. The number of ether oxygens (including phenoxy) is 1. The first-order valence-corrected chi connectivity index (χ1v) is 8.36. The molecule has 1 atom stereocenters. The summed E-state index contributed by atoms with van der Waals surface area (Å²) in [7, 11) is 0. The zero-order valence-electron chi connectivity index (χ0n) is 15.2. The summed E-state index contributed by atoms with van der Waals surface area (Å²) in [6.07, 6.45) is 4.44. The van der Waals surface area contributed by atoms with Gasteiger partial charge in [0.1, 0.15) is 0 Å². The molecule has 2 aliphatic rings. The average molecular weight is 341 g/mol. The Bertz CT molecular complexity index is 772. The van der Waals surface area contributed by atoms with Crippen molar-refractivity contribution in [3.63, 3.8) is 0 Å². The van der Waals surface area contributed by atoms with E-state index in [1.165, 1.54) is 10.6 Å². The highest BCUT2D eigenvalue weighted by Crippen LogP contribution is 2.30. The lowest BCUT2D eigenvalue weighted by Gasteiger charge is -2.32. The van der Waals surface area contributed by atoms with Crippen molar-refractivity contribution in [2.45, 2.75) is 40.8 Å². The molecule has 132 valence electrons. The summed E-state index contributed by atoms with van der Waals surface area (Å²) in [5.41, 5.74) is 5.26. The van der Waals surface area contributed by atoms with Crippen LogP contribution in [0.15, 0.2) is 41.2 Å². The number of allylic oxidation sites excluding steroid dienone is 2. The maximum absolute atomic E-state index is 12.5. The number of oxime groups is 1. The SMILES string of the molecule is CCOC(=O)N1C=CC=C(C)C2ON=C(c3c(C)cc(C)cc3C)N21. The molecule has 0 aliphatic carbocycles. The number of fused-ring (bicyclic) bond motifs is 1. The molecule has 0 saturated heterocycles. The number of nitrogens with zero attached hydrogens (tertiary/aromatic N) is 3. The normalized spacial score (nSPS) is 19.0. The monoisotopic (exact) mass is 341 g/mol. The van der Waals surface area contributed by atoms with Crippen LogP contribution in [0.2, 0.25) is 0 Å². The number of aryl methyl sites for hydroxylation is 3. The van der Waals surface area contributed by atoms with Crippen molar-refractivity contribution in [2.75, 3.05) is 6.61 Å². The molecule has 0 aromatic heterocycles. The molecule has 1 aromatic carbocycles. The fourth-order valence-corrected chi connectivity index (χ4v) is 3.25. The summed E-state index contributed by atoms with van der Waals surface area (Å²) >= 11 is 0. The van der Waals surface area contributed by atoms with E-state index in [9.17, 15) is 4.79 Å². The highest BCUT2D eigenvalue weighted by atomic mass is 16.7. The maximum atomic E-state index is 12.5. The number of amides is 1. The second kappa shape index (κ2) is 6.63. The number of benzene rings is 1. The van der Waals surface area contributed by atoms with Gasteiger partial charge in [0.15, 0.2) is 5.84 Å². The first-order chi connectivity index (χ1) is 11.9. The number of rotatable bonds is 2. The molecule has 0 fully saturated rings. The van der Waals surface area contributed by atoms with E-state index in [0.29, 0.717) is 12.4 Å². The summed E-state index contributed by atoms with van der Waals surface area (Å²) in [5.74, 6) is 0.604. The van der Waals surface area contributed by atoms with Crippen molar-refractivity contribution in [1.82, 2.24) is 10.0 Å². The largest absolute Gasteiger partial charge is 0.448 e. The van der Waals surface area contributed by atoms with Gasteiger partial charge in [0.05, 0.1) is 6.61 Å². The minimum absolute atomic E-state index is 0.296. The molecule has 3 rings (SSSR count). The van der Waals surface area contributed by atoms with E-state index in [4.69, 9.17) is 9.57 Å². The first kappa shape index (κ1) is 17.1. The smallest absolute Gasteiger partial charge is 0.433 e. The Morgan fingerprint density at radius 2 is 1.92 bits per heavy atom. The summed E-state index contributed by atoms with van der Waals surface area (Å²) in [4.78, 5) is 18.1. The maximum Gasteiger partial charge on any atom is 0.433 e. The number of carbonyl (C=O) groups excluding carboxylic acids is 1. The molecular weight excluding hydrogens is 318 g/mol. The number of carbonyl (C=O) groups is 1. The molecule has 6 nitrogen and oxygen atoms in total. The van der Waals surface area contributed by atoms with Gasteiger partial charge in [-0.15, -0.1) is 0 Å². The third-order valence-corrected chi connectivity index (χ3v) is 4.24. The van der Waals surface area contributed by atoms with Gasteiger partial charge in [-0.1, -0.05) is 28.9 Å². The molecule has 1 amide bonds. The number of hydrogen-bond donors (Lipinski definition) is 0. The second-order valence-corrected chi connectivity index (χ2v) is 6.29. The Morgan fingerprint density at radius 1 is 1.24 bits per heavy atom. The Kier molecular flexibility index (Phi) is 4.53. The van der Waals surface area contributed by atoms with Gasteiger partial charge in [-0.05, 0) is 57.4 Å². The van der Waals surface area contributed by atoms with Gasteiger partial charge in [0, 0.05) is 11.8 Å². The van der Waals surface area contributed by atoms with Gasteiger partial charge in [-0.3, -0.25) is 0 Å². The van der Waals surface area contributed by atoms with Gasteiger partial charge in [-0.2, -0.15) is 5.01 Å². The van der Waals surface area contributed by atoms with E-state index in [2.05, 4.69) is 24.2 Å². The fourth-order valence-electron chi connectivity index (χ4n) is 3.25. The number of amidine groups is 1. The van der Waals surface area contributed by atoms with Crippen molar-refractivity contribution >= 4 is 11.9 Å². The molecule has 2 heterocycles. The van der Waals surface area contributed by atoms with Crippen molar-refractivity contribution in [2.24, 2.45) is 5.16 Å². The van der Waals surface area contributed by atoms with Crippen LogP contribution in [0.25, 0.3) is 0 Å². The van der Waals surface area contributed by atoms with E-state index in [1.807, 2.05) is 26.8 Å². The predicted octanol–water partition coefficient (Wildman–Crippen LogP) is 3.78. The van der Waals surface area contributed by atoms with E-state index >= 15 is 0 Å². The lowest BCUT2D eigenvalue weighted by Crippen LogP contribution is -2.50. The topological polar surface area (TPSA) is 54.4 Å². The van der Waals surface area contributed by atoms with Crippen LogP contribution in [0.4, 0.5) is 4.79 Å². The van der Waals surface area contributed by atoms with Crippen LogP contribution in [0, 0.1) is 20.8 Å². The van der Waals surface area contributed by atoms with Gasteiger partial charge >= 0.3 is 6.09 Å². The Morgan fingerprint density at radius 3 is 2.56 bits per heavy atom. The third-order valence-electron chi connectivity index (χ3n) is 4.24. The van der Waals surface area contributed by atoms with Crippen LogP contribution in [-0.2, 0) is 9.57 Å². The third kappa shape index (κ3) is 2.99. The summed E-state index contributed by atoms with van der Waals surface area (Å²) in [5, 5.41) is 7.48. The predicted molar refractivity (Wildman–Crippen MR) is 95.7 cm³/mol. The highest BCUT2D eigenvalue weighted by Gasteiger charge is 2.40. The van der Waals surface area contributed by atoms with Crippen LogP contribution >= 0.6 is 0 Å². The number of hydrazine groups is 1. The van der Waals surface area contributed by atoms with Crippen LogP contribution in [-0.4, -0.2) is 34.8 Å². The minimum Gasteiger partial charge on any atom is -0.448 e. The highest BCUT2D eigenvalue weighted by molar-refractivity contribution is 6.02. The quantitative estimate of drug-likeness (QED) is 0.821. The summed E-state index contributed by atoms with van der Waals surface area (Å²) in [6.45, 7) is 10.2. The van der Waals surface area contributed by atoms with Crippen molar-refractivity contribution in [3.05, 3.63) is 58.3 Å². The van der Waals surface area contributed by atoms with Crippen LogP contribution in [0.1, 0.15) is 36.1 Å². The molecular formula is C19H23N3O3. The molecule has 0 saturated carbocycles. The first-order valence-electron chi connectivity index (χ1n) is 8.36. The minimum atomic E-state index is -0.477.